The largest absolute Gasteiger partial charge is 0.378 e. The predicted octanol–water partition coefficient (Wildman–Crippen LogP) is 1.91. The van der Waals surface area contributed by atoms with E-state index in [-0.39, 0.29) is 48.5 Å². The molecule has 4 aliphatic rings. The van der Waals surface area contributed by atoms with Gasteiger partial charge < -0.3 is 43.8 Å². The van der Waals surface area contributed by atoms with Crippen molar-refractivity contribution in [2.75, 3.05) is 46.0 Å². The summed E-state index contributed by atoms with van der Waals surface area (Å²) in [5.74, 6) is -3.79. The standard InChI is InChI=1S/C33H37FN5O10P/c34-29(50(44,45)46)20-3-1-19-2-4-21(16-22(19)15-20)30(40)35-25-17-38(33(43)28-24-18-48-12-8-27(24)49-36-28)9-7-23-5-6-26(39(23)31(25)41)32(42)37-10-13-47-14-11-37/h1-4,15-16,23,25-26,29H,5-14,17-18H2,(H,35,40)(H2,44,45,46)/t23-,25+,26+,29?/m1/s1. The van der Waals surface area contributed by atoms with Crippen molar-refractivity contribution >= 4 is 42.0 Å². The van der Waals surface area contributed by atoms with Crippen LogP contribution in [0.25, 0.3) is 10.8 Å². The van der Waals surface area contributed by atoms with Crippen LogP contribution < -0.4 is 5.32 Å². The number of aromatic nitrogens is 1. The smallest absolute Gasteiger partial charge is 0.363 e. The van der Waals surface area contributed by atoms with Crippen molar-refractivity contribution < 1.29 is 51.9 Å². The Labute approximate surface area is 285 Å². The molecule has 50 heavy (non-hydrogen) atoms. The Kier molecular flexibility index (Phi) is 9.48. The maximum absolute atomic E-state index is 14.5. The number of benzene rings is 2. The van der Waals surface area contributed by atoms with Gasteiger partial charge in [-0.2, -0.15) is 0 Å². The minimum absolute atomic E-state index is 0.0910. The van der Waals surface area contributed by atoms with E-state index in [2.05, 4.69) is 10.5 Å². The van der Waals surface area contributed by atoms with Gasteiger partial charge in [-0.15, -0.1) is 0 Å². The molecule has 3 fully saturated rings. The molecular weight excluding hydrogens is 676 g/mol. The average Bonchev–Trinajstić information content (AvgIpc) is 3.75. The van der Waals surface area contributed by atoms with Crippen LogP contribution in [0.15, 0.2) is 40.9 Å². The number of amides is 4. The molecule has 4 atom stereocenters. The van der Waals surface area contributed by atoms with Crippen LogP contribution in [0, 0.1) is 0 Å². The van der Waals surface area contributed by atoms with Gasteiger partial charge in [-0.1, -0.05) is 23.4 Å². The number of carbonyl (C=O) groups is 4. The Hall–Kier alpha value is -4.21. The topological polar surface area (TPSA) is 192 Å². The number of rotatable bonds is 6. The summed E-state index contributed by atoms with van der Waals surface area (Å²) in [5.41, 5.74) is 0.492. The summed E-state index contributed by atoms with van der Waals surface area (Å²) in [4.78, 5) is 79.3. The summed E-state index contributed by atoms with van der Waals surface area (Å²) in [6.07, 6.45) is 1.87. The molecule has 0 aliphatic carbocycles. The number of hydrogen-bond donors (Lipinski definition) is 3. The van der Waals surface area contributed by atoms with Gasteiger partial charge in [0.1, 0.15) is 17.8 Å². The molecule has 0 radical (unpaired) electrons. The number of nitrogens with zero attached hydrogens (tertiary/aromatic N) is 4. The number of hydrogen-bond acceptors (Lipinski definition) is 9. The molecule has 0 saturated carbocycles. The fraction of sp³-hybridized carbons (Fsp3) is 0.485. The van der Waals surface area contributed by atoms with Gasteiger partial charge in [0.2, 0.25) is 17.7 Å². The Balaban J connectivity index is 1.19. The molecule has 266 valence electrons. The fourth-order valence-corrected chi connectivity index (χ4v) is 7.79. The minimum atomic E-state index is -5.07. The first-order chi connectivity index (χ1) is 24.0. The van der Waals surface area contributed by atoms with Gasteiger partial charge in [-0.05, 0) is 53.8 Å². The monoisotopic (exact) mass is 713 g/mol. The summed E-state index contributed by atoms with van der Waals surface area (Å²) in [6.45, 7) is 2.25. The summed E-state index contributed by atoms with van der Waals surface area (Å²) in [5, 5.41) is 7.76. The molecule has 3 aromatic rings. The molecule has 2 aromatic carbocycles. The SMILES string of the molecule is O=C(N[C@H]1CN(C(=O)c2noc3c2COCC3)CC[C@H]2CC[C@@H](C(=O)N3CCOCC3)N2C1=O)c1ccc2ccc(C(F)P(=O)(O)O)cc2c1. The van der Waals surface area contributed by atoms with Crippen LogP contribution in [0.4, 0.5) is 4.39 Å². The van der Waals surface area contributed by atoms with Gasteiger partial charge in [0.15, 0.2) is 5.69 Å². The first-order valence-electron chi connectivity index (χ1n) is 16.6. The molecule has 4 amide bonds. The van der Waals surface area contributed by atoms with Crippen molar-refractivity contribution in [2.45, 2.75) is 56.3 Å². The zero-order valence-corrected chi connectivity index (χ0v) is 27.9. The number of alkyl halides is 1. The van der Waals surface area contributed by atoms with E-state index in [4.69, 9.17) is 14.0 Å². The normalized spacial score (nSPS) is 23.5. The van der Waals surface area contributed by atoms with Crippen molar-refractivity contribution in [1.29, 1.82) is 0 Å². The molecule has 15 nitrogen and oxygen atoms in total. The lowest BCUT2D eigenvalue weighted by molar-refractivity contribution is -0.149. The second-order valence-corrected chi connectivity index (χ2v) is 14.6. The molecule has 5 heterocycles. The van der Waals surface area contributed by atoms with Crippen molar-refractivity contribution in [2.24, 2.45) is 0 Å². The maximum atomic E-state index is 14.5. The average molecular weight is 714 g/mol. The van der Waals surface area contributed by atoms with E-state index in [1.807, 2.05) is 0 Å². The third-order valence-electron chi connectivity index (χ3n) is 9.88. The van der Waals surface area contributed by atoms with Gasteiger partial charge in [0, 0.05) is 37.7 Å². The van der Waals surface area contributed by atoms with Crippen LogP contribution in [-0.4, -0.2) is 117 Å². The van der Waals surface area contributed by atoms with Crippen LogP contribution >= 0.6 is 7.60 Å². The Morgan fingerprint density at radius 2 is 1.74 bits per heavy atom. The molecule has 17 heteroatoms. The minimum Gasteiger partial charge on any atom is -0.378 e. The highest BCUT2D eigenvalue weighted by atomic mass is 31.2. The van der Waals surface area contributed by atoms with E-state index in [1.54, 1.807) is 15.9 Å². The number of carbonyl (C=O) groups excluding carboxylic acids is 4. The van der Waals surface area contributed by atoms with E-state index in [1.165, 1.54) is 35.2 Å². The highest BCUT2D eigenvalue weighted by Crippen LogP contribution is 2.53. The Bertz CT molecular complexity index is 1880. The zero-order valence-electron chi connectivity index (χ0n) is 27.0. The molecular formula is C33H37FN5O10P. The molecule has 0 spiro atoms. The third kappa shape index (κ3) is 6.65. The molecule has 0 bridgehead atoms. The lowest BCUT2D eigenvalue weighted by Gasteiger charge is -2.40. The second-order valence-electron chi connectivity index (χ2n) is 13.0. The number of fused-ring (bicyclic) bond motifs is 3. The summed E-state index contributed by atoms with van der Waals surface area (Å²) >= 11 is 0. The summed E-state index contributed by atoms with van der Waals surface area (Å²) in [7, 11) is -5.07. The second kappa shape index (κ2) is 13.8. The number of ether oxygens (including phenoxy) is 2. The molecule has 3 N–H and O–H groups in total. The fourth-order valence-electron chi connectivity index (χ4n) is 7.24. The quantitative estimate of drug-likeness (QED) is 0.316. The molecule has 1 aromatic heterocycles. The maximum Gasteiger partial charge on any atom is 0.363 e. The Morgan fingerprint density at radius 3 is 2.52 bits per heavy atom. The lowest BCUT2D eigenvalue weighted by atomic mass is 10.0. The highest BCUT2D eigenvalue weighted by Gasteiger charge is 2.47. The van der Waals surface area contributed by atoms with Crippen LogP contribution in [-0.2, 0) is 36.7 Å². The van der Waals surface area contributed by atoms with E-state index in [0.29, 0.717) is 80.7 Å². The van der Waals surface area contributed by atoms with E-state index in [0.717, 1.165) is 0 Å². The zero-order chi connectivity index (χ0) is 35.2. The van der Waals surface area contributed by atoms with Gasteiger partial charge in [-0.25, -0.2) is 4.39 Å². The molecule has 4 aliphatic heterocycles. The molecule has 7 rings (SSSR count). The summed E-state index contributed by atoms with van der Waals surface area (Å²) < 4.78 is 42.4. The van der Waals surface area contributed by atoms with Gasteiger partial charge in [0.05, 0.1) is 38.5 Å². The molecule has 1 unspecified atom stereocenters. The Morgan fingerprint density at radius 1 is 0.960 bits per heavy atom. The van der Waals surface area contributed by atoms with Crippen molar-refractivity contribution in [3.63, 3.8) is 0 Å². The van der Waals surface area contributed by atoms with E-state index >= 15 is 0 Å². The number of halogens is 1. The van der Waals surface area contributed by atoms with Crippen molar-refractivity contribution in [3.05, 3.63) is 64.5 Å². The lowest BCUT2D eigenvalue weighted by Crippen LogP contribution is -2.61. The van der Waals surface area contributed by atoms with E-state index < -0.39 is 43.3 Å². The van der Waals surface area contributed by atoms with E-state index in [9.17, 15) is 37.9 Å². The van der Waals surface area contributed by atoms with Gasteiger partial charge in [0.25, 0.3) is 11.8 Å². The van der Waals surface area contributed by atoms with Crippen molar-refractivity contribution in [3.8, 4) is 0 Å². The summed E-state index contributed by atoms with van der Waals surface area (Å²) in [6, 6.07) is 6.22. The molecule has 3 saturated heterocycles. The predicted molar refractivity (Wildman–Crippen MR) is 173 cm³/mol. The van der Waals surface area contributed by atoms with Gasteiger partial charge in [-0.3, -0.25) is 23.7 Å². The van der Waals surface area contributed by atoms with Crippen molar-refractivity contribution in [1.82, 2.24) is 25.2 Å². The van der Waals surface area contributed by atoms with Crippen LogP contribution in [0.3, 0.4) is 0 Å². The number of morpholine rings is 1. The van der Waals surface area contributed by atoms with Crippen LogP contribution in [0.1, 0.15) is 62.9 Å². The van der Waals surface area contributed by atoms with Crippen LogP contribution in [0.2, 0.25) is 0 Å². The third-order valence-corrected chi connectivity index (χ3v) is 10.8. The first-order valence-corrected chi connectivity index (χ1v) is 18.2. The van der Waals surface area contributed by atoms with Gasteiger partial charge >= 0.3 is 7.60 Å². The first kappa shape index (κ1) is 34.2. The highest BCUT2D eigenvalue weighted by molar-refractivity contribution is 7.51. The van der Waals surface area contributed by atoms with Crippen LogP contribution in [0.5, 0.6) is 0 Å². The number of nitrogens with one attached hydrogen (secondary N) is 1.